The van der Waals surface area contributed by atoms with E-state index in [1.165, 1.54) is 0 Å². The van der Waals surface area contributed by atoms with Crippen molar-refractivity contribution in [1.82, 2.24) is 0 Å². The smallest absolute Gasteiger partial charge is 0.161 e. The van der Waals surface area contributed by atoms with Crippen LogP contribution in [0.25, 0.3) is 0 Å². The topological polar surface area (TPSA) is 44.5 Å². The van der Waals surface area contributed by atoms with Crippen LogP contribution in [0.15, 0.2) is 34.8 Å². The van der Waals surface area contributed by atoms with Crippen molar-refractivity contribution in [2.24, 2.45) is 5.73 Å². The maximum atomic E-state index is 6.36. The Hall–Kier alpha value is -0.500. The van der Waals surface area contributed by atoms with Gasteiger partial charge < -0.3 is 15.2 Å². The second-order valence-corrected chi connectivity index (χ2v) is 6.80. The van der Waals surface area contributed by atoms with E-state index in [4.69, 9.17) is 26.8 Å². The summed E-state index contributed by atoms with van der Waals surface area (Å²) in [6.07, 6.45) is 0. The van der Waals surface area contributed by atoms with Crippen LogP contribution in [0.2, 0.25) is 5.02 Å². The van der Waals surface area contributed by atoms with Gasteiger partial charge in [0.2, 0.25) is 0 Å². The molecule has 0 saturated carbocycles. The van der Waals surface area contributed by atoms with Crippen LogP contribution in [0.5, 0.6) is 11.5 Å². The van der Waals surface area contributed by atoms with Crippen LogP contribution in [0.3, 0.4) is 0 Å². The number of methoxy groups -OCH3 is 2. The highest BCUT2D eigenvalue weighted by atomic mass is 127. The fraction of sp³-hybridized carbons (Fsp3) is 0.200. The van der Waals surface area contributed by atoms with Gasteiger partial charge in [0.05, 0.1) is 25.3 Å². The molecule has 0 heterocycles. The summed E-state index contributed by atoms with van der Waals surface area (Å²) in [5.74, 6) is 1.30. The van der Waals surface area contributed by atoms with Gasteiger partial charge in [-0.05, 0) is 58.0 Å². The monoisotopic (exact) mass is 481 g/mol. The largest absolute Gasteiger partial charge is 0.493 e. The van der Waals surface area contributed by atoms with Gasteiger partial charge in [0.15, 0.2) is 11.5 Å². The van der Waals surface area contributed by atoms with Gasteiger partial charge in [-0.1, -0.05) is 33.6 Å². The number of ether oxygens (including phenoxy) is 2. The van der Waals surface area contributed by atoms with Crippen molar-refractivity contribution < 1.29 is 9.47 Å². The second kappa shape index (κ2) is 7.17. The predicted molar refractivity (Wildman–Crippen MR) is 97.4 cm³/mol. The molecule has 0 saturated heterocycles. The molecule has 2 N–H and O–H groups in total. The number of hydrogen-bond acceptors (Lipinski definition) is 3. The maximum absolute atomic E-state index is 6.36. The van der Waals surface area contributed by atoms with Crippen LogP contribution in [-0.2, 0) is 0 Å². The van der Waals surface area contributed by atoms with Gasteiger partial charge in [0.25, 0.3) is 0 Å². The normalized spacial score (nSPS) is 12.1. The summed E-state index contributed by atoms with van der Waals surface area (Å²) in [5, 5.41) is 0.695. The van der Waals surface area contributed by atoms with E-state index in [0.717, 1.165) is 19.2 Å². The van der Waals surface area contributed by atoms with Crippen LogP contribution in [0.4, 0.5) is 0 Å². The van der Waals surface area contributed by atoms with Crippen molar-refractivity contribution in [1.29, 1.82) is 0 Å². The van der Waals surface area contributed by atoms with Gasteiger partial charge in [-0.2, -0.15) is 0 Å². The standard InChI is InChI=1S/C15H14BrClINO2/c1-20-13-6-9(10(16)7-14(13)21-2)15(19)8-3-4-12(18)11(17)5-8/h3-7,15H,19H2,1-2H3. The summed E-state index contributed by atoms with van der Waals surface area (Å²) in [5.41, 5.74) is 8.21. The average molecular weight is 483 g/mol. The van der Waals surface area contributed by atoms with Crippen molar-refractivity contribution >= 4 is 50.1 Å². The summed E-state index contributed by atoms with van der Waals surface area (Å²) in [6, 6.07) is 9.22. The third-order valence-corrected chi connectivity index (χ3v) is 5.40. The van der Waals surface area contributed by atoms with Crippen LogP contribution < -0.4 is 15.2 Å². The quantitative estimate of drug-likeness (QED) is 0.639. The Kier molecular flexibility index (Phi) is 5.76. The molecule has 1 atom stereocenters. The highest BCUT2D eigenvalue weighted by Crippen LogP contribution is 2.37. The Morgan fingerprint density at radius 1 is 1.14 bits per heavy atom. The average Bonchev–Trinajstić information content (AvgIpc) is 2.49. The van der Waals surface area contributed by atoms with E-state index in [1.54, 1.807) is 14.2 Å². The first kappa shape index (κ1) is 16.9. The minimum atomic E-state index is -0.311. The molecule has 0 aliphatic heterocycles. The maximum Gasteiger partial charge on any atom is 0.161 e. The van der Waals surface area contributed by atoms with Gasteiger partial charge in [0, 0.05) is 8.04 Å². The molecule has 2 rings (SSSR count). The van der Waals surface area contributed by atoms with Crippen LogP contribution in [-0.4, -0.2) is 14.2 Å². The highest BCUT2D eigenvalue weighted by Gasteiger charge is 2.17. The molecule has 0 aliphatic rings. The lowest BCUT2D eigenvalue weighted by Gasteiger charge is -2.18. The molecule has 6 heteroatoms. The summed E-state index contributed by atoms with van der Waals surface area (Å²) < 4.78 is 12.5. The fourth-order valence-electron chi connectivity index (χ4n) is 1.99. The lowest BCUT2D eigenvalue weighted by Crippen LogP contribution is -2.13. The van der Waals surface area contributed by atoms with E-state index in [0.29, 0.717) is 16.5 Å². The first-order valence-corrected chi connectivity index (χ1v) is 8.34. The fourth-order valence-corrected chi connectivity index (χ4v) is 3.09. The first-order chi connectivity index (χ1) is 9.97. The predicted octanol–water partition coefficient (Wildman–Crippen LogP) is 4.77. The van der Waals surface area contributed by atoms with Gasteiger partial charge in [-0.3, -0.25) is 0 Å². The van der Waals surface area contributed by atoms with Crippen molar-refractivity contribution in [3.05, 3.63) is 54.5 Å². The Bertz CT molecular complexity index is 666. The number of halogens is 3. The van der Waals surface area contributed by atoms with Crippen molar-refractivity contribution in [3.8, 4) is 11.5 Å². The molecule has 0 amide bonds. The third-order valence-electron chi connectivity index (χ3n) is 3.14. The number of nitrogens with two attached hydrogens (primary N) is 1. The lowest BCUT2D eigenvalue weighted by molar-refractivity contribution is 0.354. The van der Waals surface area contributed by atoms with Gasteiger partial charge in [-0.25, -0.2) is 0 Å². The molecule has 0 aliphatic carbocycles. The Morgan fingerprint density at radius 2 is 1.76 bits per heavy atom. The van der Waals surface area contributed by atoms with E-state index < -0.39 is 0 Å². The van der Waals surface area contributed by atoms with Crippen LogP contribution in [0.1, 0.15) is 17.2 Å². The van der Waals surface area contributed by atoms with E-state index in [2.05, 4.69) is 38.5 Å². The van der Waals surface area contributed by atoms with Crippen molar-refractivity contribution in [2.45, 2.75) is 6.04 Å². The van der Waals surface area contributed by atoms with Crippen LogP contribution in [0, 0.1) is 3.57 Å². The summed E-state index contributed by atoms with van der Waals surface area (Å²) in [4.78, 5) is 0. The summed E-state index contributed by atoms with van der Waals surface area (Å²) in [6.45, 7) is 0. The van der Waals surface area contributed by atoms with E-state index in [-0.39, 0.29) is 6.04 Å². The van der Waals surface area contributed by atoms with Gasteiger partial charge in [-0.15, -0.1) is 0 Å². The van der Waals surface area contributed by atoms with E-state index in [9.17, 15) is 0 Å². The zero-order valence-electron chi connectivity index (χ0n) is 11.5. The number of benzene rings is 2. The molecule has 112 valence electrons. The van der Waals surface area contributed by atoms with Gasteiger partial charge in [0.1, 0.15) is 0 Å². The molecule has 21 heavy (non-hydrogen) atoms. The molecular weight excluding hydrogens is 468 g/mol. The molecule has 0 aromatic heterocycles. The highest BCUT2D eigenvalue weighted by molar-refractivity contribution is 14.1. The van der Waals surface area contributed by atoms with Crippen molar-refractivity contribution in [2.75, 3.05) is 14.2 Å². The zero-order chi connectivity index (χ0) is 15.6. The molecule has 2 aromatic rings. The molecule has 0 radical (unpaired) electrons. The zero-order valence-corrected chi connectivity index (χ0v) is 16.0. The second-order valence-electron chi connectivity index (χ2n) is 4.38. The molecule has 0 fully saturated rings. The first-order valence-electron chi connectivity index (χ1n) is 6.10. The van der Waals surface area contributed by atoms with E-state index >= 15 is 0 Å². The molecule has 3 nitrogen and oxygen atoms in total. The molecule has 1 unspecified atom stereocenters. The third kappa shape index (κ3) is 3.64. The SMILES string of the molecule is COc1cc(Br)c(C(N)c2ccc(I)c(Cl)c2)cc1OC. The van der Waals surface area contributed by atoms with Crippen LogP contribution >= 0.6 is 50.1 Å². The molecule has 0 bridgehead atoms. The molecule has 2 aromatic carbocycles. The summed E-state index contributed by atoms with van der Waals surface area (Å²) in [7, 11) is 3.20. The lowest BCUT2D eigenvalue weighted by atomic mass is 9.99. The number of rotatable bonds is 4. The molecular formula is C15H14BrClINO2. The minimum Gasteiger partial charge on any atom is -0.493 e. The molecule has 0 spiro atoms. The minimum absolute atomic E-state index is 0.311. The van der Waals surface area contributed by atoms with Crippen molar-refractivity contribution in [3.63, 3.8) is 0 Å². The van der Waals surface area contributed by atoms with Gasteiger partial charge >= 0.3 is 0 Å². The number of hydrogen-bond donors (Lipinski definition) is 1. The summed E-state index contributed by atoms with van der Waals surface area (Å²) >= 11 is 11.9. The van der Waals surface area contributed by atoms with E-state index in [1.807, 2.05) is 30.3 Å². The Morgan fingerprint density at radius 3 is 2.33 bits per heavy atom. The Labute approximate surface area is 151 Å². The Balaban J connectivity index is 2.47.